The van der Waals surface area contributed by atoms with E-state index < -0.39 is 8.07 Å². The molecule has 116 valence electrons. The first kappa shape index (κ1) is 16.1. The van der Waals surface area contributed by atoms with Crippen LogP contribution in [0.25, 0.3) is 0 Å². The summed E-state index contributed by atoms with van der Waals surface area (Å²) in [4.78, 5) is 4.02. The molecule has 0 atom stereocenters. The number of pyridine rings is 1. The van der Waals surface area contributed by atoms with E-state index in [0.29, 0.717) is 11.9 Å². The highest BCUT2D eigenvalue weighted by molar-refractivity contribution is 6.76. The fourth-order valence-corrected chi connectivity index (χ4v) is 2.49. The molecule has 0 radical (unpaired) electrons. The molecule has 0 spiro atoms. The number of hydrogen-bond donors (Lipinski definition) is 3. The van der Waals surface area contributed by atoms with Crippen LogP contribution in [0.2, 0.25) is 30.8 Å². The Hall–Kier alpha value is -1.28. The molecule has 0 aromatic carbocycles. The van der Waals surface area contributed by atoms with Gasteiger partial charge in [-0.15, -0.1) is 5.12 Å². The monoisotopic (exact) mass is 327 g/mol. The maximum Gasteiger partial charge on any atom is 0.137 e. The fraction of sp³-hybridized carbons (Fsp3) is 0.462. The van der Waals surface area contributed by atoms with Gasteiger partial charge < -0.3 is 15.5 Å². The summed E-state index contributed by atoms with van der Waals surface area (Å²) in [7, 11) is -1.03. The largest absolute Gasteiger partial charge is 0.363 e. The first-order valence-corrected chi connectivity index (χ1v) is 11.0. The van der Waals surface area contributed by atoms with Crippen LogP contribution in [-0.4, -0.2) is 31.5 Å². The minimum Gasteiger partial charge on any atom is -0.363 e. The fourth-order valence-electron chi connectivity index (χ4n) is 1.63. The molecule has 1 aliphatic heterocycles. The van der Waals surface area contributed by atoms with Gasteiger partial charge in [-0.05, 0) is 18.2 Å². The number of hydrogen-bond acceptors (Lipinski definition) is 6. The standard InChI is InChI=1S/C13H22ClN5OSi/c1-21(2,3)7-6-20-10-19-16-9-13(18-19)17-11-4-5-12(14)15-8-11/h4-5,8-9,16-18H,6-7,10H2,1-3H3. The topological polar surface area (TPSA) is 61.5 Å². The highest BCUT2D eigenvalue weighted by Gasteiger charge is 2.15. The van der Waals surface area contributed by atoms with E-state index in [1.807, 2.05) is 12.3 Å². The molecule has 3 N–H and O–H groups in total. The van der Waals surface area contributed by atoms with E-state index in [4.69, 9.17) is 16.3 Å². The Bertz CT molecular complexity index is 488. The molecule has 0 unspecified atom stereocenters. The van der Waals surface area contributed by atoms with Crippen LogP contribution in [0.3, 0.4) is 0 Å². The second-order valence-corrected chi connectivity index (χ2v) is 12.1. The number of nitrogens with one attached hydrogen (secondary N) is 3. The number of nitrogens with zero attached hydrogens (tertiary/aromatic N) is 2. The zero-order valence-electron chi connectivity index (χ0n) is 12.6. The Morgan fingerprint density at radius 3 is 2.86 bits per heavy atom. The van der Waals surface area contributed by atoms with E-state index in [1.54, 1.807) is 17.4 Å². The van der Waals surface area contributed by atoms with Gasteiger partial charge in [-0.2, -0.15) is 0 Å². The summed E-state index contributed by atoms with van der Waals surface area (Å²) in [5.41, 5.74) is 7.09. The summed E-state index contributed by atoms with van der Waals surface area (Å²) >= 11 is 5.75. The molecule has 8 heteroatoms. The average molecular weight is 328 g/mol. The third kappa shape index (κ3) is 5.92. The predicted octanol–water partition coefficient (Wildman–Crippen LogP) is 2.58. The summed E-state index contributed by atoms with van der Waals surface area (Å²) in [5, 5.41) is 5.44. The third-order valence-corrected chi connectivity index (χ3v) is 4.77. The summed E-state index contributed by atoms with van der Waals surface area (Å²) in [5.74, 6) is 0.827. The van der Waals surface area contributed by atoms with Crippen LogP contribution in [0, 0.1) is 0 Å². The van der Waals surface area contributed by atoms with Gasteiger partial charge in [0.05, 0.1) is 18.1 Å². The Balaban J connectivity index is 1.67. The Morgan fingerprint density at radius 1 is 1.38 bits per heavy atom. The Morgan fingerprint density at radius 2 is 2.19 bits per heavy atom. The molecule has 0 fully saturated rings. The maximum atomic E-state index is 5.75. The zero-order valence-corrected chi connectivity index (χ0v) is 14.4. The molecule has 0 aliphatic carbocycles. The zero-order chi connectivity index (χ0) is 15.3. The Kier molecular flexibility index (Phi) is 5.46. The van der Waals surface area contributed by atoms with Crippen LogP contribution in [0.4, 0.5) is 5.69 Å². The molecular formula is C13H22ClN5OSi. The van der Waals surface area contributed by atoms with Crippen LogP contribution >= 0.6 is 11.6 Å². The van der Waals surface area contributed by atoms with Crippen molar-refractivity contribution in [2.24, 2.45) is 0 Å². The van der Waals surface area contributed by atoms with E-state index in [1.165, 1.54) is 0 Å². The van der Waals surface area contributed by atoms with Crippen LogP contribution in [-0.2, 0) is 4.74 Å². The van der Waals surface area contributed by atoms with Crippen molar-refractivity contribution in [2.75, 3.05) is 18.7 Å². The van der Waals surface area contributed by atoms with Crippen LogP contribution in [0.5, 0.6) is 0 Å². The molecular weight excluding hydrogens is 306 g/mol. The molecule has 1 aromatic rings. The molecule has 0 amide bonds. The van der Waals surface area contributed by atoms with E-state index in [-0.39, 0.29) is 0 Å². The van der Waals surface area contributed by atoms with Crippen molar-refractivity contribution in [3.05, 3.63) is 35.5 Å². The smallest absolute Gasteiger partial charge is 0.137 e. The molecule has 21 heavy (non-hydrogen) atoms. The normalized spacial score (nSPS) is 15.3. The van der Waals surface area contributed by atoms with Gasteiger partial charge in [0.1, 0.15) is 17.7 Å². The van der Waals surface area contributed by atoms with Gasteiger partial charge in [0, 0.05) is 14.7 Å². The minimum atomic E-state index is -1.03. The summed E-state index contributed by atoms with van der Waals surface area (Å²) in [6, 6.07) is 4.77. The SMILES string of the molecule is C[Si](C)(C)CCOCN1NC=C(Nc2ccc(Cl)nc2)N1. The van der Waals surface area contributed by atoms with Crippen LogP contribution < -0.4 is 16.2 Å². The second-order valence-electron chi connectivity index (χ2n) is 6.07. The molecule has 2 rings (SSSR count). The number of hydrazine groups is 2. The number of ether oxygens (including phenoxy) is 1. The number of anilines is 1. The quantitative estimate of drug-likeness (QED) is 0.406. The minimum absolute atomic E-state index is 0.476. The molecule has 6 nitrogen and oxygen atoms in total. The lowest BCUT2D eigenvalue weighted by Gasteiger charge is -2.20. The lowest BCUT2D eigenvalue weighted by molar-refractivity contribution is -0.00141. The molecule has 0 bridgehead atoms. The van der Waals surface area contributed by atoms with Crippen molar-refractivity contribution in [1.82, 2.24) is 21.0 Å². The number of rotatable bonds is 7. The highest BCUT2D eigenvalue weighted by Crippen LogP contribution is 2.12. The molecule has 1 aromatic heterocycles. The summed E-state index contributed by atoms with van der Waals surface area (Å²) in [6.07, 6.45) is 3.51. The number of halogens is 1. The molecule has 2 heterocycles. The van der Waals surface area contributed by atoms with Crippen LogP contribution in [0.1, 0.15) is 0 Å². The lowest BCUT2D eigenvalue weighted by atomic mass is 10.4. The lowest BCUT2D eigenvalue weighted by Crippen LogP contribution is -2.41. The molecule has 1 aliphatic rings. The van der Waals surface area contributed by atoms with E-state index in [0.717, 1.165) is 24.2 Å². The first-order valence-electron chi connectivity index (χ1n) is 6.89. The van der Waals surface area contributed by atoms with E-state index in [2.05, 4.69) is 40.8 Å². The molecule has 0 saturated carbocycles. The van der Waals surface area contributed by atoms with Crippen molar-refractivity contribution < 1.29 is 4.74 Å². The van der Waals surface area contributed by atoms with E-state index >= 15 is 0 Å². The van der Waals surface area contributed by atoms with Crippen molar-refractivity contribution in [2.45, 2.75) is 25.7 Å². The van der Waals surface area contributed by atoms with Crippen molar-refractivity contribution in [3.8, 4) is 0 Å². The summed E-state index contributed by atoms with van der Waals surface area (Å²) < 4.78 is 5.65. The van der Waals surface area contributed by atoms with Gasteiger partial charge in [-0.25, -0.2) is 4.98 Å². The third-order valence-electron chi connectivity index (χ3n) is 2.84. The van der Waals surface area contributed by atoms with Gasteiger partial charge in [0.15, 0.2) is 0 Å². The van der Waals surface area contributed by atoms with Gasteiger partial charge in [-0.1, -0.05) is 31.2 Å². The van der Waals surface area contributed by atoms with Gasteiger partial charge in [-0.3, -0.25) is 5.43 Å². The molecule has 0 saturated heterocycles. The second kappa shape index (κ2) is 7.12. The summed E-state index contributed by atoms with van der Waals surface area (Å²) in [6.45, 7) is 8.29. The predicted molar refractivity (Wildman–Crippen MR) is 88.0 cm³/mol. The Labute approximate surface area is 131 Å². The maximum absolute atomic E-state index is 5.75. The van der Waals surface area contributed by atoms with Gasteiger partial charge in [0.25, 0.3) is 0 Å². The van der Waals surface area contributed by atoms with Gasteiger partial charge >= 0.3 is 0 Å². The van der Waals surface area contributed by atoms with E-state index in [9.17, 15) is 0 Å². The highest BCUT2D eigenvalue weighted by atomic mass is 35.5. The van der Waals surface area contributed by atoms with Gasteiger partial charge in [0.2, 0.25) is 0 Å². The first-order chi connectivity index (χ1) is 9.92. The van der Waals surface area contributed by atoms with Crippen LogP contribution in [0.15, 0.2) is 30.4 Å². The van der Waals surface area contributed by atoms with Crippen molar-refractivity contribution in [1.29, 1.82) is 0 Å². The average Bonchev–Trinajstić information content (AvgIpc) is 2.84. The van der Waals surface area contributed by atoms with Crippen molar-refractivity contribution in [3.63, 3.8) is 0 Å². The number of aromatic nitrogens is 1. The van der Waals surface area contributed by atoms with Crippen molar-refractivity contribution >= 4 is 25.4 Å².